The van der Waals surface area contributed by atoms with Crippen LogP contribution in [-0.2, 0) is 4.79 Å². The standard InChI is InChI=1S/C18H25N5O2S/c1-22-7-9-23(10-8-22)6-3-11-25-16-5-2-4-15(12-16)13-19-21-18-20-17(24)14-26-18/h2,4-5,12-13H,3,6-11,14H2,1H3,(H,20,21,24). The second-order valence-electron chi connectivity index (χ2n) is 6.41. The van der Waals surface area contributed by atoms with Gasteiger partial charge in [0.25, 0.3) is 0 Å². The summed E-state index contributed by atoms with van der Waals surface area (Å²) >= 11 is 1.36. The summed E-state index contributed by atoms with van der Waals surface area (Å²) in [6, 6.07) is 7.78. The highest BCUT2D eigenvalue weighted by molar-refractivity contribution is 8.15. The SMILES string of the molecule is CN1CCN(CCCOc2cccc(C=NN=C3NC(=O)CS3)c2)CC1. The van der Waals surface area contributed by atoms with E-state index in [9.17, 15) is 4.79 Å². The molecule has 1 aromatic carbocycles. The van der Waals surface area contributed by atoms with E-state index in [0.717, 1.165) is 50.5 Å². The lowest BCUT2D eigenvalue weighted by Crippen LogP contribution is -2.44. The summed E-state index contributed by atoms with van der Waals surface area (Å²) in [6.45, 7) is 6.37. The zero-order valence-electron chi connectivity index (χ0n) is 15.1. The first-order valence-corrected chi connectivity index (χ1v) is 9.85. The molecule has 1 aromatic rings. The molecule has 1 N–H and O–H groups in total. The second kappa shape index (κ2) is 9.70. The van der Waals surface area contributed by atoms with E-state index in [1.807, 2.05) is 24.3 Å². The van der Waals surface area contributed by atoms with Crippen LogP contribution in [0.25, 0.3) is 0 Å². The number of hydrogen-bond acceptors (Lipinski definition) is 7. The van der Waals surface area contributed by atoms with Crippen molar-refractivity contribution in [2.24, 2.45) is 10.2 Å². The summed E-state index contributed by atoms with van der Waals surface area (Å²) in [5, 5.41) is 11.2. The number of carbonyl (C=O) groups is 1. The Morgan fingerprint density at radius 1 is 1.31 bits per heavy atom. The number of ether oxygens (including phenoxy) is 1. The van der Waals surface area contributed by atoms with Crippen molar-refractivity contribution in [2.45, 2.75) is 6.42 Å². The Hall–Kier alpha value is -1.90. The largest absolute Gasteiger partial charge is 0.494 e. The highest BCUT2D eigenvalue weighted by atomic mass is 32.2. The van der Waals surface area contributed by atoms with Gasteiger partial charge in [0.05, 0.1) is 18.6 Å². The van der Waals surface area contributed by atoms with Crippen LogP contribution in [0.15, 0.2) is 34.5 Å². The van der Waals surface area contributed by atoms with Gasteiger partial charge in [-0.15, -0.1) is 5.10 Å². The van der Waals surface area contributed by atoms with Gasteiger partial charge in [0.15, 0.2) is 5.17 Å². The predicted octanol–water partition coefficient (Wildman–Crippen LogP) is 1.26. The number of thioether (sulfide) groups is 1. The summed E-state index contributed by atoms with van der Waals surface area (Å²) in [5.74, 6) is 1.21. The Kier molecular flexibility index (Phi) is 7.04. The first-order chi connectivity index (χ1) is 12.7. The fourth-order valence-electron chi connectivity index (χ4n) is 2.76. The van der Waals surface area contributed by atoms with Gasteiger partial charge < -0.3 is 19.9 Å². The van der Waals surface area contributed by atoms with Gasteiger partial charge in [-0.25, -0.2) is 0 Å². The summed E-state index contributed by atoms with van der Waals surface area (Å²) in [7, 11) is 2.17. The number of hydrogen-bond donors (Lipinski definition) is 1. The third-order valence-electron chi connectivity index (χ3n) is 4.28. The van der Waals surface area contributed by atoms with Gasteiger partial charge in [0.1, 0.15) is 5.75 Å². The molecule has 0 radical (unpaired) electrons. The number of nitrogens with zero attached hydrogens (tertiary/aromatic N) is 4. The average molecular weight is 375 g/mol. The molecule has 0 aromatic heterocycles. The minimum atomic E-state index is -0.0316. The molecule has 0 spiro atoms. The van der Waals surface area contributed by atoms with Crippen molar-refractivity contribution in [3.63, 3.8) is 0 Å². The van der Waals surface area contributed by atoms with Crippen molar-refractivity contribution in [3.05, 3.63) is 29.8 Å². The zero-order chi connectivity index (χ0) is 18.2. The molecule has 1 amide bonds. The molecule has 2 saturated heterocycles. The van der Waals surface area contributed by atoms with Crippen LogP contribution in [0.2, 0.25) is 0 Å². The topological polar surface area (TPSA) is 69.5 Å². The van der Waals surface area contributed by atoms with Crippen molar-refractivity contribution >= 4 is 29.1 Å². The normalized spacial score (nSPS) is 20.8. The van der Waals surface area contributed by atoms with Crippen LogP contribution in [0.5, 0.6) is 5.75 Å². The molecule has 2 heterocycles. The molecule has 0 unspecified atom stereocenters. The molecular formula is C18H25N5O2S. The number of amides is 1. The van der Waals surface area contributed by atoms with Crippen LogP contribution < -0.4 is 10.1 Å². The smallest absolute Gasteiger partial charge is 0.236 e. The number of rotatable bonds is 7. The van der Waals surface area contributed by atoms with E-state index in [1.54, 1.807) is 6.21 Å². The number of amidine groups is 1. The fraction of sp³-hybridized carbons (Fsp3) is 0.500. The lowest BCUT2D eigenvalue weighted by atomic mass is 10.2. The number of carbonyl (C=O) groups excluding carboxylic acids is 1. The van der Waals surface area contributed by atoms with Crippen molar-refractivity contribution in [1.82, 2.24) is 15.1 Å². The van der Waals surface area contributed by atoms with E-state index in [2.05, 4.69) is 32.4 Å². The summed E-state index contributed by atoms with van der Waals surface area (Å²) < 4.78 is 5.86. The summed E-state index contributed by atoms with van der Waals surface area (Å²) in [5.41, 5.74) is 0.917. The Morgan fingerprint density at radius 2 is 2.15 bits per heavy atom. The van der Waals surface area contributed by atoms with Gasteiger partial charge in [-0.1, -0.05) is 23.9 Å². The van der Waals surface area contributed by atoms with Gasteiger partial charge in [0, 0.05) is 32.7 Å². The van der Waals surface area contributed by atoms with Crippen LogP contribution in [-0.4, -0.2) is 79.2 Å². The van der Waals surface area contributed by atoms with Gasteiger partial charge in [0.2, 0.25) is 5.91 Å². The van der Waals surface area contributed by atoms with Crippen LogP contribution in [0.3, 0.4) is 0 Å². The molecule has 26 heavy (non-hydrogen) atoms. The lowest BCUT2D eigenvalue weighted by Gasteiger charge is -2.32. The molecule has 8 heteroatoms. The molecule has 0 bridgehead atoms. The molecule has 0 atom stereocenters. The second-order valence-corrected chi connectivity index (χ2v) is 7.37. The van der Waals surface area contributed by atoms with E-state index in [1.165, 1.54) is 11.8 Å². The fourth-order valence-corrected chi connectivity index (χ4v) is 3.39. The number of piperazine rings is 1. The van der Waals surface area contributed by atoms with E-state index < -0.39 is 0 Å². The van der Waals surface area contributed by atoms with Gasteiger partial charge in [-0.05, 0) is 31.2 Å². The van der Waals surface area contributed by atoms with Crippen molar-refractivity contribution in [2.75, 3.05) is 52.1 Å². The molecule has 140 valence electrons. The minimum Gasteiger partial charge on any atom is -0.494 e. The lowest BCUT2D eigenvalue weighted by molar-refractivity contribution is -0.116. The van der Waals surface area contributed by atoms with Gasteiger partial charge in [-0.3, -0.25) is 4.79 Å². The minimum absolute atomic E-state index is 0.0316. The number of likely N-dealkylation sites (N-methyl/N-ethyl adjacent to an activating group) is 1. The first-order valence-electron chi connectivity index (χ1n) is 8.86. The summed E-state index contributed by atoms with van der Waals surface area (Å²) in [4.78, 5) is 15.9. The van der Waals surface area contributed by atoms with E-state index in [0.29, 0.717) is 17.5 Å². The monoisotopic (exact) mass is 375 g/mol. The van der Waals surface area contributed by atoms with Gasteiger partial charge >= 0.3 is 0 Å². The molecule has 2 fully saturated rings. The highest BCUT2D eigenvalue weighted by Crippen LogP contribution is 2.13. The first kappa shape index (κ1) is 18.9. The number of benzene rings is 1. The molecular weight excluding hydrogens is 350 g/mol. The predicted molar refractivity (Wildman–Crippen MR) is 106 cm³/mol. The zero-order valence-corrected chi connectivity index (χ0v) is 15.9. The van der Waals surface area contributed by atoms with Crippen molar-refractivity contribution in [1.29, 1.82) is 0 Å². The van der Waals surface area contributed by atoms with E-state index >= 15 is 0 Å². The molecule has 0 aliphatic carbocycles. The Morgan fingerprint density at radius 3 is 2.92 bits per heavy atom. The Labute approximate surface area is 158 Å². The maximum atomic E-state index is 11.1. The van der Waals surface area contributed by atoms with Crippen LogP contribution in [0, 0.1) is 0 Å². The molecule has 0 saturated carbocycles. The number of nitrogens with one attached hydrogen (secondary N) is 1. The Bertz CT molecular complexity index is 671. The maximum absolute atomic E-state index is 11.1. The quantitative estimate of drug-likeness (QED) is 0.441. The molecule has 7 nitrogen and oxygen atoms in total. The Balaban J connectivity index is 1.40. The van der Waals surface area contributed by atoms with E-state index in [-0.39, 0.29) is 5.91 Å². The summed E-state index contributed by atoms with van der Waals surface area (Å²) in [6.07, 6.45) is 2.68. The molecule has 2 aliphatic rings. The third-order valence-corrected chi connectivity index (χ3v) is 5.15. The van der Waals surface area contributed by atoms with Crippen molar-refractivity contribution in [3.8, 4) is 5.75 Å². The average Bonchev–Trinajstić information content (AvgIpc) is 3.06. The van der Waals surface area contributed by atoms with E-state index in [4.69, 9.17) is 4.74 Å². The van der Waals surface area contributed by atoms with Gasteiger partial charge in [-0.2, -0.15) is 5.10 Å². The van der Waals surface area contributed by atoms with Crippen molar-refractivity contribution < 1.29 is 9.53 Å². The maximum Gasteiger partial charge on any atom is 0.236 e. The van der Waals surface area contributed by atoms with Crippen LogP contribution in [0.4, 0.5) is 0 Å². The third kappa shape index (κ3) is 6.12. The molecule has 3 rings (SSSR count). The highest BCUT2D eigenvalue weighted by Gasteiger charge is 2.16. The van der Waals surface area contributed by atoms with Crippen LogP contribution in [0.1, 0.15) is 12.0 Å². The molecule has 2 aliphatic heterocycles. The van der Waals surface area contributed by atoms with Crippen LogP contribution >= 0.6 is 11.8 Å².